The highest BCUT2D eigenvalue weighted by Crippen LogP contribution is 2.10. The van der Waals surface area contributed by atoms with E-state index in [1.165, 1.54) is 0 Å². The van der Waals surface area contributed by atoms with Crippen LogP contribution in [0.1, 0.15) is 33.1 Å². The zero-order valence-corrected chi connectivity index (χ0v) is 16.4. The fraction of sp³-hybridized carbons (Fsp3) is 0.846. The first-order chi connectivity index (χ1) is 9.96. The van der Waals surface area contributed by atoms with Crippen LogP contribution in [0.3, 0.4) is 0 Å². The van der Waals surface area contributed by atoms with E-state index in [2.05, 4.69) is 20.9 Å². The zero-order valence-electron chi connectivity index (χ0n) is 13.2. The summed E-state index contributed by atoms with van der Waals surface area (Å²) >= 11 is 0. The number of rotatable bonds is 7. The van der Waals surface area contributed by atoms with Crippen LogP contribution in [0.25, 0.3) is 0 Å². The third-order valence-corrected chi connectivity index (χ3v) is 4.87. The van der Waals surface area contributed by atoms with E-state index in [1.807, 2.05) is 13.8 Å². The van der Waals surface area contributed by atoms with Crippen LogP contribution in [0, 0.1) is 0 Å². The highest BCUT2D eigenvalue weighted by Gasteiger charge is 2.28. The molecular formula is C13H27IN4O3S. The van der Waals surface area contributed by atoms with Gasteiger partial charge in [0.1, 0.15) is 0 Å². The Labute approximate surface area is 150 Å². The Morgan fingerprint density at radius 1 is 1.27 bits per heavy atom. The van der Waals surface area contributed by atoms with E-state index < -0.39 is 9.84 Å². The number of nitrogens with one attached hydrogen (secondary N) is 3. The second-order valence-corrected chi connectivity index (χ2v) is 7.33. The van der Waals surface area contributed by atoms with Gasteiger partial charge in [0.2, 0.25) is 5.91 Å². The van der Waals surface area contributed by atoms with Gasteiger partial charge < -0.3 is 16.0 Å². The standard InChI is InChI=1S/C13H26N4O3S.HI/c1-3-7-15-12(18)5-8-16-13(14-4-2)17-11-6-9-21(19,20)10-11;/h11H,3-10H2,1-2H3,(H,15,18)(H2,14,16,17);1H. The average Bonchev–Trinajstić information content (AvgIpc) is 2.75. The Balaban J connectivity index is 0.00000441. The zero-order chi connectivity index (χ0) is 15.7. The number of guanidine groups is 1. The molecule has 9 heteroatoms. The van der Waals surface area contributed by atoms with E-state index in [0.29, 0.717) is 38.4 Å². The van der Waals surface area contributed by atoms with Gasteiger partial charge in [-0.25, -0.2) is 8.42 Å². The van der Waals surface area contributed by atoms with E-state index in [1.54, 1.807) is 0 Å². The molecule has 3 N–H and O–H groups in total. The van der Waals surface area contributed by atoms with Gasteiger partial charge in [-0.2, -0.15) is 0 Å². The molecule has 1 amide bonds. The molecule has 1 heterocycles. The van der Waals surface area contributed by atoms with Gasteiger partial charge in [-0.1, -0.05) is 6.92 Å². The third-order valence-electron chi connectivity index (χ3n) is 3.10. The smallest absolute Gasteiger partial charge is 0.221 e. The Morgan fingerprint density at radius 3 is 2.55 bits per heavy atom. The minimum absolute atomic E-state index is 0. The predicted octanol–water partition coefficient (Wildman–Crippen LogP) is 0.263. The molecule has 0 bridgehead atoms. The van der Waals surface area contributed by atoms with Crippen LogP contribution >= 0.6 is 24.0 Å². The van der Waals surface area contributed by atoms with Crippen LogP contribution in [0.5, 0.6) is 0 Å². The maximum atomic E-state index is 11.5. The van der Waals surface area contributed by atoms with Gasteiger partial charge in [-0.15, -0.1) is 24.0 Å². The molecule has 7 nitrogen and oxygen atoms in total. The molecule has 0 aromatic heterocycles. The van der Waals surface area contributed by atoms with Gasteiger partial charge in [0.05, 0.1) is 18.1 Å². The Hall–Kier alpha value is -0.580. The molecule has 0 aromatic rings. The number of amides is 1. The lowest BCUT2D eigenvalue weighted by Gasteiger charge is -2.15. The normalized spacial score (nSPS) is 20.1. The summed E-state index contributed by atoms with van der Waals surface area (Å²) in [6, 6.07) is -0.0956. The van der Waals surface area contributed by atoms with Crippen molar-refractivity contribution in [2.45, 2.75) is 39.2 Å². The second kappa shape index (κ2) is 11.0. The predicted molar refractivity (Wildman–Crippen MR) is 99.5 cm³/mol. The molecule has 1 saturated heterocycles. The first-order valence-corrected chi connectivity index (χ1v) is 9.31. The van der Waals surface area contributed by atoms with Crippen LogP contribution in [0.4, 0.5) is 0 Å². The van der Waals surface area contributed by atoms with E-state index in [9.17, 15) is 13.2 Å². The highest BCUT2D eigenvalue weighted by molar-refractivity contribution is 14.0. The van der Waals surface area contributed by atoms with Gasteiger partial charge in [-0.05, 0) is 19.8 Å². The van der Waals surface area contributed by atoms with E-state index in [-0.39, 0.29) is 47.4 Å². The molecule has 1 rings (SSSR count). The minimum Gasteiger partial charge on any atom is -0.357 e. The van der Waals surface area contributed by atoms with Crippen molar-refractivity contribution < 1.29 is 13.2 Å². The Kier molecular flexibility index (Phi) is 10.7. The molecule has 22 heavy (non-hydrogen) atoms. The minimum atomic E-state index is -2.91. The molecule has 0 aromatic carbocycles. The summed E-state index contributed by atoms with van der Waals surface area (Å²) in [4.78, 5) is 15.8. The van der Waals surface area contributed by atoms with Crippen LogP contribution in [0.2, 0.25) is 0 Å². The molecule has 0 aliphatic carbocycles. The fourth-order valence-corrected chi connectivity index (χ4v) is 3.72. The largest absolute Gasteiger partial charge is 0.357 e. The molecule has 0 spiro atoms. The summed E-state index contributed by atoms with van der Waals surface area (Å²) in [5, 5.41) is 8.98. The van der Waals surface area contributed by atoms with Crippen molar-refractivity contribution in [3.05, 3.63) is 0 Å². The molecule has 1 unspecified atom stereocenters. The highest BCUT2D eigenvalue weighted by atomic mass is 127. The van der Waals surface area contributed by atoms with Crippen LogP contribution < -0.4 is 16.0 Å². The van der Waals surface area contributed by atoms with Crippen molar-refractivity contribution in [1.82, 2.24) is 16.0 Å². The number of carbonyl (C=O) groups is 1. The fourth-order valence-electron chi connectivity index (χ4n) is 2.04. The van der Waals surface area contributed by atoms with Gasteiger partial charge in [0.25, 0.3) is 0 Å². The average molecular weight is 446 g/mol. The quantitative estimate of drug-likeness (QED) is 0.296. The van der Waals surface area contributed by atoms with Crippen molar-refractivity contribution in [2.24, 2.45) is 4.99 Å². The van der Waals surface area contributed by atoms with Crippen LogP contribution in [0.15, 0.2) is 4.99 Å². The van der Waals surface area contributed by atoms with Crippen molar-refractivity contribution in [1.29, 1.82) is 0 Å². The number of halogens is 1. The molecule has 1 aliphatic rings. The first kappa shape index (κ1) is 21.4. The Bertz CT molecular complexity index is 468. The maximum Gasteiger partial charge on any atom is 0.221 e. The number of carbonyl (C=O) groups excluding carboxylic acids is 1. The second-order valence-electron chi connectivity index (χ2n) is 5.10. The number of nitrogens with zero attached hydrogens (tertiary/aromatic N) is 1. The lowest BCUT2D eigenvalue weighted by atomic mass is 10.3. The lowest BCUT2D eigenvalue weighted by molar-refractivity contribution is -0.120. The number of aliphatic imine (C=N–C) groups is 1. The van der Waals surface area contributed by atoms with Crippen molar-refractivity contribution in [3.8, 4) is 0 Å². The summed E-state index contributed by atoms with van der Waals surface area (Å²) in [5.41, 5.74) is 0. The number of sulfone groups is 1. The summed E-state index contributed by atoms with van der Waals surface area (Å²) in [6.45, 7) is 5.69. The molecule has 1 aliphatic heterocycles. The summed E-state index contributed by atoms with van der Waals surface area (Å²) < 4.78 is 22.9. The van der Waals surface area contributed by atoms with Gasteiger partial charge in [-0.3, -0.25) is 9.79 Å². The molecule has 130 valence electrons. The first-order valence-electron chi connectivity index (χ1n) is 7.48. The maximum absolute atomic E-state index is 11.5. The van der Waals surface area contributed by atoms with E-state index >= 15 is 0 Å². The molecular weight excluding hydrogens is 419 g/mol. The molecule has 1 atom stereocenters. The van der Waals surface area contributed by atoms with E-state index in [4.69, 9.17) is 0 Å². The Morgan fingerprint density at radius 2 is 2.00 bits per heavy atom. The summed E-state index contributed by atoms with van der Waals surface area (Å²) in [7, 11) is -2.91. The monoisotopic (exact) mass is 446 g/mol. The SMILES string of the molecule is CCCNC(=O)CCN=C(NCC)NC1CCS(=O)(=O)C1.I. The topological polar surface area (TPSA) is 99.7 Å². The summed E-state index contributed by atoms with van der Waals surface area (Å²) in [5.74, 6) is 0.931. The van der Waals surface area contributed by atoms with E-state index in [0.717, 1.165) is 6.42 Å². The number of hydrogen-bond acceptors (Lipinski definition) is 4. The summed E-state index contributed by atoms with van der Waals surface area (Å²) in [6.07, 6.45) is 1.85. The molecule has 0 radical (unpaired) electrons. The van der Waals surface area contributed by atoms with Crippen molar-refractivity contribution in [3.63, 3.8) is 0 Å². The number of hydrogen-bond donors (Lipinski definition) is 3. The van der Waals surface area contributed by atoms with Crippen LogP contribution in [-0.4, -0.2) is 57.5 Å². The molecule has 0 saturated carbocycles. The van der Waals surface area contributed by atoms with Gasteiger partial charge in [0.15, 0.2) is 15.8 Å². The van der Waals surface area contributed by atoms with Crippen LogP contribution in [-0.2, 0) is 14.6 Å². The van der Waals surface area contributed by atoms with Gasteiger partial charge >= 0.3 is 0 Å². The van der Waals surface area contributed by atoms with Gasteiger partial charge in [0, 0.05) is 25.6 Å². The van der Waals surface area contributed by atoms with Crippen molar-refractivity contribution >= 4 is 45.7 Å². The van der Waals surface area contributed by atoms with Crippen molar-refractivity contribution in [2.75, 3.05) is 31.1 Å². The molecule has 1 fully saturated rings. The third kappa shape index (κ3) is 8.76. The lowest BCUT2D eigenvalue weighted by Crippen LogP contribution is -2.44.